The second-order valence-corrected chi connectivity index (χ2v) is 5.77. The largest absolute Gasteiger partial charge is 0.489 e. The Balaban J connectivity index is 2.15. The van der Waals surface area contributed by atoms with Crippen molar-refractivity contribution < 1.29 is 9.53 Å². The van der Waals surface area contributed by atoms with Crippen LogP contribution in [-0.2, 0) is 13.0 Å². The highest BCUT2D eigenvalue weighted by atomic mass is 127. The van der Waals surface area contributed by atoms with Gasteiger partial charge in [0.1, 0.15) is 12.4 Å². The van der Waals surface area contributed by atoms with E-state index in [-0.39, 0.29) is 5.78 Å². The second-order valence-electron chi connectivity index (χ2n) is 4.61. The number of carbonyl (C=O) groups excluding carboxylic acids is 1. The molecule has 0 bridgehead atoms. The lowest BCUT2D eigenvalue weighted by Gasteiger charge is -2.11. The van der Waals surface area contributed by atoms with Crippen molar-refractivity contribution in [1.29, 1.82) is 0 Å². The summed E-state index contributed by atoms with van der Waals surface area (Å²) in [6.45, 7) is 4.19. The van der Waals surface area contributed by atoms with Crippen molar-refractivity contribution >= 4 is 28.4 Å². The summed E-state index contributed by atoms with van der Waals surface area (Å²) in [5.74, 6) is 0.914. The van der Waals surface area contributed by atoms with Crippen LogP contribution in [0.1, 0.15) is 35.3 Å². The maximum Gasteiger partial charge on any atom is 0.160 e. The molecule has 0 amide bonds. The van der Waals surface area contributed by atoms with E-state index in [1.807, 2.05) is 37.3 Å². The van der Waals surface area contributed by atoms with Crippen LogP contribution in [0.2, 0.25) is 0 Å². The molecule has 2 rings (SSSR count). The number of halogens is 1. The molecule has 20 heavy (non-hydrogen) atoms. The van der Waals surface area contributed by atoms with Crippen molar-refractivity contribution in [3.05, 3.63) is 62.7 Å². The molecule has 0 aliphatic rings. The molecule has 0 aromatic heterocycles. The summed E-state index contributed by atoms with van der Waals surface area (Å²) >= 11 is 2.31. The summed E-state index contributed by atoms with van der Waals surface area (Å²) in [7, 11) is 0. The maximum absolute atomic E-state index is 11.5. The highest BCUT2D eigenvalue weighted by Crippen LogP contribution is 2.21. The van der Waals surface area contributed by atoms with Gasteiger partial charge in [-0.15, -0.1) is 0 Å². The van der Waals surface area contributed by atoms with E-state index in [0.717, 1.165) is 23.3 Å². The van der Waals surface area contributed by atoms with Gasteiger partial charge in [0.25, 0.3) is 0 Å². The Bertz CT molecular complexity index is 620. The van der Waals surface area contributed by atoms with Gasteiger partial charge in [0.15, 0.2) is 5.78 Å². The van der Waals surface area contributed by atoms with Crippen LogP contribution >= 0.6 is 22.6 Å². The van der Waals surface area contributed by atoms with Gasteiger partial charge in [-0.25, -0.2) is 0 Å². The van der Waals surface area contributed by atoms with Crippen LogP contribution < -0.4 is 4.74 Å². The summed E-state index contributed by atoms with van der Waals surface area (Å²) in [6.07, 6.45) is 0.828. The molecule has 104 valence electrons. The predicted molar refractivity (Wildman–Crippen MR) is 89.3 cm³/mol. The minimum absolute atomic E-state index is 0.103. The molecular formula is C17H17IO2. The molecule has 0 fully saturated rings. The average Bonchev–Trinajstić information content (AvgIpc) is 2.46. The second kappa shape index (κ2) is 6.88. The van der Waals surface area contributed by atoms with E-state index < -0.39 is 0 Å². The number of hydrogen-bond donors (Lipinski definition) is 0. The Morgan fingerprint density at radius 2 is 1.90 bits per heavy atom. The zero-order valence-corrected chi connectivity index (χ0v) is 13.8. The molecule has 0 heterocycles. The van der Waals surface area contributed by atoms with E-state index in [9.17, 15) is 4.79 Å². The molecule has 0 N–H and O–H groups in total. The van der Waals surface area contributed by atoms with Crippen LogP contribution in [0.3, 0.4) is 0 Å². The Morgan fingerprint density at radius 1 is 1.15 bits per heavy atom. The summed E-state index contributed by atoms with van der Waals surface area (Å²) in [5, 5.41) is 0. The first-order valence-corrected chi connectivity index (χ1v) is 7.69. The summed E-state index contributed by atoms with van der Waals surface area (Å²) < 4.78 is 7.03. The van der Waals surface area contributed by atoms with Gasteiger partial charge < -0.3 is 4.74 Å². The minimum Gasteiger partial charge on any atom is -0.489 e. The predicted octanol–water partition coefficient (Wildman–Crippen LogP) is 4.64. The molecule has 0 aliphatic heterocycles. The molecule has 3 heteroatoms. The summed E-state index contributed by atoms with van der Waals surface area (Å²) in [4.78, 5) is 11.5. The third-order valence-corrected chi connectivity index (χ3v) is 4.24. The van der Waals surface area contributed by atoms with Crippen molar-refractivity contribution in [3.8, 4) is 5.75 Å². The van der Waals surface area contributed by atoms with Gasteiger partial charge in [0.2, 0.25) is 0 Å². The van der Waals surface area contributed by atoms with E-state index in [1.54, 1.807) is 6.92 Å². The van der Waals surface area contributed by atoms with E-state index in [0.29, 0.717) is 6.61 Å². The fourth-order valence-electron chi connectivity index (χ4n) is 2.07. The van der Waals surface area contributed by atoms with Crippen molar-refractivity contribution in [3.63, 3.8) is 0 Å². The van der Waals surface area contributed by atoms with Gasteiger partial charge in [-0.2, -0.15) is 0 Å². The average molecular weight is 380 g/mol. The highest BCUT2D eigenvalue weighted by Gasteiger charge is 2.08. The van der Waals surface area contributed by atoms with Gasteiger partial charge in [0, 0.05) is 14.7 Å². The molecule has 0 radical (unpaired) electrons. The van der Waals surface area contributed by atoms with Gasteiger partial charge >= 0.3 is 0 Å². The van der Waals surface area contributed by atoms with Crippen LogP contribution in [0.15, 0.2) is 42.5 Å². The van der Waals surface area contributed by atoms with E-state index in [4.69, 9.17) is 4.74 Å². The van der Waals surface area contributed by atoms with E-state index in [2.05, 4.69) is 34.7 Å². The maximum atomic E-state index is 11.5. The van der Waals surface area contributed by atoms with Crippen molar-refractivity contribution in [2.24, 2.45) is 0 Å². The fraction of sp³-hybridized carbons (Fsp3) is 0.235. The SMILES string of the molecule is CCc1cc(OCc2ccccc2I)ccc1C(C)=O. The van der Waals surface area contributed by atoms with Crippen LogP contribution in [0.5, 0.6) is 5.75 Å². The first kappa shape index (κ1) is 15.0. The molecule has 0 saturated carbocycles. The Kier molecular flexibility index (Phi) is 5.17. The van der Waals surface area contributed by atoms with Gasteiger partial charge in [-0.05, 0) is 65.8 Å². The number of ketones is 1. The number of hydrogen-bond acceptors (Lipinski definition) is 2. The number of benzene rings is 2. The zero-order chi connectivity index (χ0) is 14.5. The smallest absolute Gasteiger partial charge is 0.160 e. The number of carbonyl (C=O) groups is 1. The first-order valence-electron chi connectivity index (χ1n) is 6.62. The Morgan fingerprint density at radius 3 is 2.55 bits per heavy atom. The summed E-state index contributed by atoms with van der Waals surface area (Å²) in [5.41, 5.74) is 2.99. The van der Waals surface area contributed by atoms with Gasteiger partial charge in [-0.3, -0.25) is 4.79 Å². The third kappa shape index (κ3) is 3.60. The Labute approximate surface area is 133 Å². The van der Waals surface area contributed by atoms with Crippen LogP contribution in [-0.4, -0.2) is 5.78 Å². The molecule has 0 aliphatic carbocycles. The molecule has 2 aromatic rings. The normalized spacial score (nSPS) is 10.3. The molecule has 0 unspecified atom stereocenters. The van der Waals surface area contributed by atoms with Crippen molar-refractivity contribution in [2.45, 2.75) is 26.9 Å². The number of ether oxygens (including phenoxy) is 1. The lowest BCUT2D eigenvalue weighted by Crippen LogP contribution is -2.01. The van der Waals surface area contributed by atoms with Crippen molar-refractivity contribution in [2.75, 3.05) is 0 Å². The molecule has 2 aromatic carbocycles. The monoisotopic (exact) mass is 380 g/mol. The van der Waals surface area contributed by atoms with E-state index >= 15 is 0 Å². The molecule has 0 saturated heterocycles. The van der Waals surface area contributed by atoms with Crippen molar-refractivity contribution in [1.82, 2.24) is 0 Å². The standard InChI is InChI=1S/C17H17IO2/c1-3-13-10-15(8-9-16(13)12(2)19)20-11-14-6-4-5-7-17(14)18/h4-10H,3,11H2,1-2H3. The summed E-state index contributed by atoms with van der Waals surface area (Å²) in [6, 6.07) is 13.8. The van der Waals surface area contributed by atoms with Gasteiger partial charge in [-0.1, -0.05) is 25.1 Å². The lowest BCUT2D eigenvalue weighted by atomic mass is 10.0. The Hall–Kier alpha value is -1.36. The zero-order valence-electron chi connectivity index (χ0n) is 11.7. The number of aryl methyl sites for hydroxylation is 1. The number of Topliss-reactive ketones (excluding diaryl/α,β-unsaturated/α-hetero) is 1. The van der Waals surface area contributed by atoms with Crippen LogP contribution in [0.4, 0.5) is 0 Å². The van der Waals surface area contributed by atoms with Crippen LogP contribution in [0.25, 0.3) is 0 Å². The van der Waals surface area contributed by atoms with Crippen LogP contribution in [0, 0.1) is 3.57 Å². The molecule has 2 nitrogen and oxygen atoms in total. The molecule has 0 spiro atoms. The quantitative estimate of drug-likeness (QED) is 0.558. The molecule has 0 atom stereocenters. The lowest BCUT2D eigenvalue weighted by molar-refractivity contribution is 0.101. The number of rotatable bonds is 5. The first-order chi connectivity index (χ1) is 9.61. The van der Waals surface area contributed by atoms with Gasteiger partial charge in [0.05, 0.1) is 0 Å². The topological polar surface area (TPSA) is 26.3 Å². The molecular weight excluding hydrogens is 363 g/mol. The third-order valence-electron chi connectivity index (χ3n) is 3.19. The fourth-order valence-corrected chi connectivity index (χ4v) is 2.62. The highest BCUT2D eigenvalue weighted by molar-refractivity contribution is 14.1. The van der Waals surface area contributed by atoms with E-state index in [1.165, 1.54) is 9.13 Å². The minimum atomic E-state index is 0.103.